The van der Waals surface area contributed by atoms with Gasteiger partial charge in [0.15, 0.2) is 11.5 Å². The standard InChI is InChI=1S/C15H20O4/c1-5-6-7-8-12(16)11-9-13(17-2)15(19-4)14(10-11)18-3/h1,9-10,12,16H,6-8H2,2-4H3. The Kier molecular flexibility index (Phi) is 6.04. The molecular formula is C15H20O4. The van der Waals surface area contributed by atoms with Crippen molar-refractivity contribution >= 4 is 0 Å². The number of rotatable bonds is 7. The summed E-state index contributed by atoms with van der Waals surface area (Å²) in [5, 5.41) is 10.1. The molecule has 0 aliphatic carbocycles. The summed E-state index contributed by atoms with van der Waals surface area (Å²) >= 11 is 0. The number of aliphatic hydroxyl groups excluding tert-OH is 1. The molecule has 1 aromatic rings. The SMILES string of the molecule is C#CCCCC(O)c1cc(OC)c(OC)c(OC)c1. The minimum atomic E-state index is -0.595. The van der Waals surface area contributed by atoms with Gasteiger partial charge in [-0.05, 0) is 30.5 Å². The molecule has 0 aliphatic rings. The van der Waals surface area contributed by atoms with Crippen molar-refractivity contribution in [2.75, 3.05) is 21.3 Å². The number of methoxy groups -OCH3 is 3. The van der Waals surface area contributed by atoms with E-state index in [2.05, 4.69) is 5.92 Å². The molecule has 0 bridgehead atoms. The van der Waals surface area contributed by atoms with E-state index >= 15 is 0 Å². The molecule has 0 aliphatic heterocycles. The van der Waals surface area contributed by atoms with Gasteiger partial charge < -0.3 is 19.3 Å². The van der Waals surface area contributed by atoms with Gasteiger partial charge >= 0.3 is 0 Å². The molecule has 0 aromatic heterocycles. The summed E-state index contributed by atoms with van der Waals surface area (Å²) in [7, 11) is 4.64. The van der Waals surface area contributed by atoms with Crippen LogP contribution in [0.4, 0.5) is 0 Å². The minimum absolute atomic E-state index is 0.518. The van der Waals surface area contributed by atoms with E-state index in [4.69, 9.17) is 20.6 Å². The molecule has 0 spiro atoms. The Bertz CT molecular complexity index is 423. The molecule has 1 aromatic carbocycles. The van der Waals surface area contributed by atoms with Crippen molar-refractivity contribution in [1.82, 2.24) is 0 Å². The number of hydrogen-bond donors (Lipinski definition) is 1. The molecule has 1 N–H and O–H groups in total. The first-order valence-electron chi connectivity index (χ1n) is 6.09. The molecule has 4 heteroatoms. The molecule has 0 fully saturated rings. The first kappa shape index (κ1) is 15.2. The summed E-state index contributed by atoms with van der Waals surface area (Å²) in [5.41, 5.74) is 0.728. The van der Waals surface area contributed by atoms with Gasteiger partial charge in [0.1, 0.15) is 0 Å². The molecule has 1 atom stereocenters. The zero-order chi connectivity index (χ0) is 14.3. The van der Waals surface area contributed by atoms with Gasteiger partial charge in [0, 0.05) is 6.42 Å². The second kappa shape index (κ2) is 7.55. The van der Waals surface area contributed by atoms with Crippen LogP contribution in [0, 0.1) is 12.3 Å². The highest BCUT2D eigenvalue weighted by Gasteiger charge is 2.16. The Morgan fingerprint density at radius 2 is 1.74 bits per heavy atom. The van der Waals surface area contributed by atoms with Gasteiger partial charge in [-0.25, -0.2) is 0 Å². The summed E-state index contributed by atoms with van der Waals surface area (Å²) in [6.07, 6.45) is 6.63. The lowest BCUT2D eigenvalue weighted by atomic mass is 10.0. The van der Waals surface area contributed by atoms with Gasteiger partial charge in [-0.15, -0.1) is 12.3 Å². The molecule has 4 nitrogen and oxygen atoms in total. The maximum atomic E-state index is 10.1. The first-order valence-corrected chi connectivity index (χ1v) is 6.09. The summed E-state index contributed by atoms with van der Waals surface area (Å²) in [5.74, 6) is 4.15. The van der Waals surface area contributed by atoms with Crippen molar-refractivity contribution in [3.63, 3.8) is 0 Å². The molecule has 0 amide bonds. The van der Waals surface area contributed by atoms with E-state index in [0.29, 0.717) is 30.1 Å². The van der Waals surface area contributed by atoms with Gasteiger partial charge in [-0.3, -0.25) is 0 Å². The summed E-state index contributed by atoms with van der Waals surface area (Å²) in [6.45, 7) is 0. The molecule has 1 rings (SSSR count). The summed E-state index contributed by atoms with van der Waals surface area (Å²) in [6, 6.07) is 3.50. The van der Waals surface area contributed by atoms with E-state index in [0.717, 1.165) is 12.0 Å². The Balaban J connectivity index is 2.99. The number of terminal acetylenes is 1. The fourth-order valence-electron chi connectivity index (χ4n) is 1.86. The van der Waals surface area contributed by atoms with E-state index in [1.807, 2.05) is 0 Å². The maximum absolute atomic E-state index is 10.1. The maximum Gasteiger partial charge on any atom is 0.203 e. The zero-order valence-corrected chi connectivity index (χ0v) is 11.6. The third-order valence-electron chi connectivity index (χ3n) is 2.87. The van der Waals surface area contributed by atoms with Crippen molar-refractivity contribution in [1.29, 1.82) is 0 Å². The van der Waals surface area contributed by atoms with Gasteiger partial charge in [0.05, 0.1) is 27.4 Å². The van der Waals surface area contributed by atoms with Gasteiger partial charge in [0.25, 0.3) is 0 Å². The molecule has 104 valence electrons. The minimum Gasteiger partial charge on any atom is -0.493 e. The fraction of sp³-hybridized carbons (Fsp3) is 0.467. The van der Waals surface area contributed by atoms with Gasteiger partial charge in [-0.1, -0.05) is 0 Å². The van der Waals surface area contributed by atoms with Crippen molar-refractivity contribution in [3.05, 3.63) is 17.7 Å². The molecule has 0 radical (unpaired) electrons. The van der Waals surface area contributed by atoms with E-state index in [-0.39, 0.29) is 0 Å². The lowest BCUT2D eigenvalue weighted by molar-refractivity contribution is 0.164. The van der Waals surface area contributed by atoms with Crippen molar-refractivity contribution in [2.24, 2.45) is 0 Å². The van der Waals surface area contributed by atoms with Crippen LogP contribution in [-0.4, -0.2) is 26.4 Å². The highest BCUT2D eigenvalue weighted by atomic mass is 16.5. The molecule has 19 heavy (non-hydrogen) atoms. The van der Waals surface area contributed by atoms with Crippen LogP contribution in [-0.2, 0) is 0 Å². The van der Waals surface area contributed by atoms with E-state index < -0.39 is 6.10 Å². The first-order chi connectivity index (χ1) is 9.17. The van der Waals surface area contributed by atoms with Crippen molar-refractivity contribution in [3.8, 4) is 29.6 Å². The monoisotopic (exact) mass is 264 g/mol. The Morgan fingerprint density at radius 3 is 2.16 bits per heavy atom. The van der Waals surface area contributed by atoms with E-state index in [1.54, 1.807) is 33.5 Å². The highest BCUT2D eigenvalue weighted by Crippen LogP contribution is 2.40. The topological polar surface area (TPSA) is 47.9 Å². The quantitative estimate of drug-likeness (QED) is 0.607. The zero-order valence-electron chi connectivity index (χ0n) is 11.6. The number of aliphatic hydroxyl groups is 1. The Hall–Kier alpha value is -1.86. The van der Waals surface area contributed by atoms with Crippen LogP contribution < -0.4 is 14.2 Å². The highest BCUT2D eigenvalue weighted by molar-refractivity contribution is 5.54. The van der Waals surface area contributed by atoms with Gasteiger partial charge in [0.2, 0.25) is 5.75 Å². The molecule has 0 heterocycles. The second-order valence-corrected chi connectivity index (χ2v) is 4.07. The van der Waals surface area contributed by atoms with Crippen LogP contribution >= 0.6 is 0 Å². The third kappa shape index (κ3) is 3.80. The van der Waals surface area contributed by atoms with Crippen LogP contribution in [0.1, 0.15) is 30.9 Å². The van der Waals surface area contributed by atoms with Crippen LogP contribution in [0.3, 0.4) is 0 Å². The summed E-state index contributed by atoms with van der Waals surface area (Å²) in [4.78, 5) is 0. The Labute approximate surface area is 114 Å². The largest absolute Gasteiger partial charge is 0.493 e. The average Bonchev–Trinajstić information content (AvgIpc) is 2.45. The smallest absolute Gasteiger partial charge is 0.203 e. The lowest BCUT2D eigenvalue weighted by Gasteiger charge is -2.16. The van der Waals surface area contributed by atoms with Gasteiger partial charge in [-0.2, -0.15) is 0 Å². The Morgan fingerprint density at radius 1 is 1.16 bits per heavy atom. The predicted molar refractivity (Wildman–Crippen MR) is 73.7 cm³/mol. The predicted octanol–water partition coefficient (Wildman–Crippen LogP) is 2.55. The van der Waals surface area contributed by atoms with Crippen molar-refractivity contribution in [2.45, 2.75) is 25.4 Å². The fourth-order valence-corrected chi connectivity index (χ4v) is 1.86. The van der Waals surface area contributed by atoms with Crippen LogP contribution in [0.2, 0.25) is 0 Å². The average molecular weight is 264 g/mol. The number of benzene rings is 1. The molecular weight excluding hydrogens is 244 g/mol. The van der Waals surface area contributed by atoms with Crippen molar-refractivity contribution < 1.29 is 19.3 Å². The molecule has 0 saturated carbocycles. The van der Waals surface area contributed by atoms with Crippen LogP contribution in [0.15, 0.2) is 12.1 Å². The lowest BCUT2D eigenvalue weighted by Crippen LogP contribution is -2.01. The van der Waals surface area contributed by atoms with E-state index in [9.17, 15) is 5.11 Å². The second-order valence-electron chi connectivity index (χ2n) is 4.07. The van der Waals surface area contributed by atoms with E-state index in [1.165, 1.54) is 0 Å². The normalized spacial score (nSPS) is 11.5. The van der Waals surface area contributed by atoms with Crippen LogP contribution in [0.5, 0.6) is 17.2 Å². The number of unbranched alkanes of at least 4 members (excludes halogenated alkanes) is 1. The van der Waals surface area contributed by atoms with Crippen LogP contribution in [0.25, 0.3) is 0 Å². The third-order valence-corrected chi connectivity index (χ3v) is 2.87. The number of hydrogen-bond acceptors (Lipinski definition) is 4. The molecule has 1 unspecified atom stereocenters. The summed E-state index contributed by atoms with van der Waals surface area (Å²) < 4.78 is 15.7. The molecule has 0 saturated heterocycles. The number of ether oxygens (including phenoxy) is 3.